The van der Waals surface area contributed by atoms with Gasteiger partial charge in [-0.2, -0.15) is 0 Å². The second kappa shape index (κ2) is 6.14. The second-order valence-corrected chi connectivity index (χ2v) is 6.28. The first-order valence-electron chi connectivity index (χ1n) is 6.78. The number of hydrogen-bond acceptors (Lipinski definition) is 1. The van der Waals surface area contributed by atoms with Crippen LogP contribution in [-0.2, 0) is 0 Å². The molecule has 2 rings (SSSR count). The van der Waals surface area contributed by atoms with Gasteiger partial charge < -0.3 is 5.32 Å². The van der Waals surface area contributed by atoms with Crippen molar-refractivity contribution in [1.29, 1.82) is 0 Å². The third-order valence-electron chi connectivity index (χ3n) is 3.55. The molecule has 0 saturated heterocycles. The Morgan fingerprint density at radius 1 is 0.952 bits per heavy atom. The van der Waals surface area contributed by atoms with Gasteiger partial charge in [0, 0.05) is 12.1 Å². The highest BCUT2D eigenvalue weighted by Gasteiger charge is 2.15. The van der Waals surface area contributed by atoms with Gasteiger partial charge in [-0.05, 0) is 66.4 Å². The Kier molecular flexibility index (Phi) is 4.67. The average molecular weight is 354 g/mol. The summed E-state index contributed by atoms with van der Waals surface area (Å²) in [4.78, 5) is 0. The van der Waals surface area contributed by atoms with Crippen molar-refractivity contribution in [2.75, 3.05) is 5.32 Å². The first kappa shape index (κ1) is 16.0. The highest BCUT2D eigenvalue weighted by molar-refractivity contribution is 9.10. The SMILES string of the molecule is Cc1cc(C)c(C(C)Nc2cc(F)c(Br)cc2F)c(C)c1. The molecule has 1 N–H and O–H groups in total. The summed E-state index contributed by atoms with van der Waals surface area (Å²) >= 11 is 2.98. The van der Waals surface area contributed by atoms with Crippen LogP contribution in [0.1, 0.15) is 35.2 Å². The quantitative estimate of drug-likeness (QED) is 0.685. The summed E-state index contributed by atoms with van der Waals surface area (Å²) in [6, 6.07) is 6.40. The molecule has 0 aromatic heterocycles. The molecule has 0 bridgehead atoms. The van der Waals surface area contributed by atoms with Gasteiger partial charge in [0.25, 0.3) is 0 Å². The molecule has 1 nitrogen and oxygen atoms in total. The first-order valence-corrected chi connectivity index (χ1v) is 7.57. The fourth-order valence-corrected chi connectivity index (χ4v) is 3.13. The van der Waals surface area contributed by atoms with Gasteiger partial charge in [-0.25, -0.2) is 8.78 Å². The molecule has 0 aliphatic rings. The lowest BCUT2D eigenvalue weighted by Gasteiger charge is -2.21. The highest BCUT2D eigenvalue weighted by atomic mass is 79.9. The van der Waals surface area contributed by atoms with Crippen molar-refractivity contribution in [3.8, 4) is 0 Å². The Bertz CT molecular complexity index is 660. The van der Waals surface area contributed by atoms with Gasteiger partial charge in [-0.15, -0.1) is 0 Å². The minimum atomic E-state index is -0.483. The zero-order valence-corrected chi connectivity index (χ0v) is 14.1. The fourth-order valence-electron chi connectivity index (χ4n) is 2.81. The minimum absolute atomic E-state index is 0.110. The Hall–Kier alpha value is -1.42. The van der Waals surface area contributed by atoms with Crippen LogP contribution < -0.4 is 5.32 Å². The van der Waals surface area contributed by atoms with E-state index in [0.29, 0.717) is 0 Å². The van der Waals surface area contributed by atoms with Gasteiger partial charge in [0.2, 0.25) is 0 Å². The monoisotopic (exact) mass is 353 g/mol. The molecular formula is C17H18BrF2N. The fraction of sp³-hybridized carbons (Fsp3) is 0.294. The third kappa shape index (κ3) is 3.43. The van der Waals surface area contributed by atoms with E-state index in [2.05, 4.69) is 33.4 Å². The van der Waals surface area contributed by atoms with E-state index < -0.39 is 11.6 Å². The van der Waals surface area contributed by atoms with E-state index in [1.807, 2.05) is 27.7 Å². The lowest BCUT2D eigenvalue weighted by atomic mass is 9.95. The van der Waals surface area contributed by atoms with Crippen molar-refractivity contribution in [3.63, 3.8) is 0 Å². The molecule has 1 atom stereocenters. The average Bonchev–Trinajstić information content (AvgIpc) is 2.34. The van der Waals surface area contributed by atoms with Crippen molar-refractivity contribution in [2.45, 2.75) is 33.7 Å². The summed E-state index contributed by atoms with van der Waals surface area (Å²) in [5, 5.41) is 3.06. The highest BCUT2D eigenvalue weighted by Crippen LogP contribution is 2.29. The molecule has 21 heavy (non-hydrogen) atoms. The summed E-state index contributed by atoms with van der Waals surface area (Å²) in [5.74, 6) is -0.957. The third-order valence-corrected chi connectivity index (χ3v) is 4.16. The zero-order valence-electron chi connectivity index (χ0n) is 12.5. The van der Waals surface area contributed by atoms with Crippen LogP contribution >= 0.6 is 15.9 Å². The summed E-state index contributed by atoms with van der Waals surface area (Å²) in [6.07, 6.45) is 0. The van der Waals surface area contributed by atoms with Crippen LogP contribution in [0.5, 0.6) is 0 Å². The Balaban J connectivity index is 2.35. The number of aryl methyl sites for hydroxylation is 3. The van der Waals surface area contributed by atoms with Crippen molar-refractivity contribution in [1.82, 2.24) is 0 Å². The van der Waals surface area contributed by atoms with E-state index in [1.165, 1.54) is 11.6 Å². The zero-order chi connectivity index (χ0) is 15.7. The molecule has 0 saturated carbocycles. The molecule has 0 spiro atoms. The summed E-state index contributed by atoms with van der Waals surface area (Å²) in [5.41, 5.74) is 4.77. The molecule has 0 aliphatic heterocycles. The van der Waals surface area contributed by atoms with Crippen LogP contribution in [0.25, 0.3) is 0 Å². The Labute approximate surface area is 132 Å². The van der Waals surface area contributed by atoms with Crippen LogP contribution in [0.2, 0.25) is 0 Å². The van der Waals surface area contributed by atoms with E-state index in [9.17, 15) is 8.78 Å². The predicted molar refractivity (Wildman–Crippen MR) is 86.7 cm³/mol. The molecule has 112 valence electrons. The van der Waals surface area contributed by atoms with Gasteiger partial charge in [-0.3, -0.25) is 0 Å². The molecule has 0 heterocycles. The summed E-state index contributed by atoms with van der Waals surface area (Å²) in [7, 11) is 0. The summed E-state index contributed by atoms with van der Waals surface area (Å²) in [6.45, 7) is 8.06. The van der Waals surface area contributed by atoms with E-state index in [0.717, 1.165) is 22.8 Å². The number of anilines is 1. The smallest absolute Gasteiger partial charge is 0.147 e. The van der Waals surface area contributed by atoms with Gasteiger partial charge in [0.1, 0.15) is 11.6 Å². The topological polar surface area (TPSA) is 12.0 Å². The van der Waals surface area contributed by atoms with E-state index >= 15 is 0 Å². The van der Waals surface area contributed by atoms with Crippen molar-refractivity contribution in [3.05, 3.63) is 62.6 Å². The number of benzene rings is 2. The van der Waals surface area contributed by atoms with Crippen LogP contribution in [0.15, 0.2) is 28.7 Å². The van der Waals surface area contributed by atoms with Gasteiger partial charge in [-0.1, -0.05) is 17.7 Å². The molecule has 2 aromatic carbocycles. The van der Waals surface area contributed by atoms with E-state index in [4.69, 9.17) is 0 Å². The van der Waals surface area contributed by atoms with Gasteiger partial charge in [0.05, 0.1) is 10.2 Å². The normalized spacial score (nSPS) is 12.3. The molecule has 2 aromatic rings. The molecule has 1 unspecified atom stereocenters. The maximum atomic E-state index is 13.9. The lowest BCUT2D eigenvalue weighted by Crippen LogP contribution is -2.11. The summed E-state index contributed by atoms with van der Waals surface area (Å²) < 4.78 is 27.6. The number of halogens is 3. The van der Waals surface area contributed by atoms with Crippen molar-refractivity contribution >= 4 is 21.6 Å². The van der Waals surface area contributed by atoms with Crippen molar-refractivity contribution < 1.29 is 8.78 Å². The molecule has 0 aliphatic carbocycles. The molecule has 4 heteroatoms. The number of hydrogen-bond donors (Lipinski definition) is 1. The Morgan fingerprint density at radius 3 is 2.10 bits per heavy atom. The van der Waals surface area contributed by atoms with Gasteiger partial charge in [0.15, 0.2) is 0 Å². The van der Waals surface area contributed by atoms with Gasteiger partial charge >= 0.3 is 0 Å². The Morgan fingerprint density at radius 2 is 1.52 bits per heavy atom. The first-order chi connectivity index (χ1) is 9.79. The standard InChI is InChI=1S/C17H18BrF2N/c1-9-5-10(2)17(11(3)6-9)12(4)21-16-8-14(19)13(18)7-15(16)20/h5-8,12,21H,1-4H3. The van der Waals surface area contributed by atoms with Crippen LogP contribution in [0.4, 0.5) is 14.5 Å². The van der Waals surface area contributed by atoms with E-state index in [-0.39, 0.29) is 16.2 Å². The maximum absolute atomic E-state index is 13.9. The van der Waals surface area contributed by atoms with Crippen LogP contribution in [-0.4, -0.2) is 0 Å². The second-order valence-electron chi connectivity index (χ2n) is 5.42. The number of rotatable bonds is 3. The van der Waals surface area contributed by atoms with Crippen LogP contribution in [0.3, 0.4) is 0 Å². The van der Waals surface area contributed by atoms with Crippen molar-refractivity contribution in [2.24, 2.45) is 0 Å². The van der Waals surface area contributed by atoms with E-state index in [1.54, 1.807) is 0 Å². The molecule has 0 radical (unpaired) electrons. The molecule has 0 fully saturated rings. The molecule has 0 amide bonds. The minimum Gasteiger partial charge on any atom is -0.376 e. The maximum Gasteiger partial charge on any atom is 0.147 e. The largest absolute Gasteiger partial charge is 0.376 e. The number of nitrogens with one attached hydrogen (secondary N) is 1. The predicted octanol–water partition coefficient (Wildman–Crippen LogP) is 5.83. The lowest BCUT2D eigenvalue weighted by molar-refractivity contribution is 0.595. The molecular weight excluding hydrogens is 336 g/mol. The van der Waals surface area contributed by atoms with Crippen LogP contribution in [0, 0.1) is 32.4 Å².